The van der Waals surface area contributed by atoms with Gasteiger partial charge in [0.1, 0.15) is 0 Å². The van der Waals surface area contributed by atoms with E-state index in [9.17, 15) is 0 Å². The SMILES string of the molecule is CC=CCc1ccc(-c2c3cc(-c4ccc(-c5cc[c]([Sn]([CH3])([CH3])[CH3])s5)s4)sc3c(-c3ccc(CC=CC)s3)c3cc(-c4ccc(-c5cc[c]([Sn]([CH3])([CH3])[CH3])s5)s4)sc23)s1. The molecule has 9 rings (SSSR count). The van der Waals surface area contributed by atoms with Crippen LogP contribution >= 0.6 is 90.7 Å². The average molecular weight is 1120 g/mol. The van der Waals surface area contributed by atoms with Crippen molar-refractivity contribution in [2.75, 3.05) is 0 Å². The van der Waals surface area contributed by atoms with Crippen molar-refractivity contribution >= 4 is 153 Å². The van der Waals surface area contributed by atoms with Crippen LogP contribution in [0.5, 0.6) is 0 Å². The van der Waals surface area contributed by atoms with Gasteiger partial charge in [-0.15, -0.1) is 0 Å². The first-order valence-corrected chi connectivity index (χ1v) is 46.2. The third kappa shape index (κ3) is 8.34. The monoisotopic (exact) mass is 1120 g/mol. The molecule has 10 heteroatoms. The van der Waals surface area contributed by atoms with Gasteiger partial charge in [0.05, 0.1) is 0 Å². The quantitative estimate of drug-likeness (QED) is 0.0845. The van der Waals surface area contributed by atoms with Crippen LogP contribution in [0.2, 0.25) is 29.6 Å². The van der Waals surface area contributed by atoms with E-state index in [4.69, 9.17) is 0 Å². The van der Waals surface area contributed by atoms with Crippen molar-refractivity contribution in [3.05, 3.63) is 119 Å². The van der Waals surface area contributed by atoms with Crippen LogP contribution in [0.3, 0.4) is 0 Å². The second-order valence-corrected chi connectivity index (χ2v) is 56.3. The molecule has 0 bridgehead atoms. The van der Waals surface area contributed by atoms with Gasteiger partial charge in [-0.1, -0.05) is 24.3 Å². The summed E-state index contributed by atoms with van der Waals surface area (Å²) in [6.45, 7) is 4.24. The van der Waals surface area contributed by atoms with E-state index in [0.717, 1.165) is 12.8 Å². The first-order chi connectivity index (χ1) is 27.9. The number of rotatable bonds is 12. The Morgan fingerprint density at radius 3 is 1.09 bits per heavy atom. The summed E-state index contributed by atoms with van der Waals surface area (Å²) in [6, 6.07) is 33.6. The maximum absolute atomic E-state index is 2.54. The average Bonchev–Trinajstić information content (AvgIpc) is 4.04. The molecule has 8 heterocycles. The summed E-state index contributed by atoms with van der Waals surface area (Å²) in [7, 11) is 0. The molecule has 0 unspecified atom stereocenters. The summed E-state index contributed by atoms with van der Waals surface area (Å²) in [4.78, 5) is 31.8. The van der Waals surface area contributed by atoms with Crippen LogP contribution in [-0.2, 0) is 12.8 Å². The zero-order chi connectivity index (χ0) is 40.3. The van der Waals surface area contributed by atoms with Gasteiger partial charge in [0.15, 0.2) is 0 Å². The van der Waals surface area contributed by atoms with Crippen molar-refractivity contribution in [3.8, 4) is 59.9 Å². The van der Waals surface area contributed by atoms with Gasteiger partial charge in [-0.05, 0) is 38.8 Å². The van der Waals surface area contributed by atoms with Crippen LogP contribution in [0, 0.1) is 0 Å². The van der Waals surface area contributed by atoms with Gasteiger partial charge in [-0.25, -0.2) is 0 Å². The van der Waals surface area contributed by atoms with Crippen LogP contribution in [0.25, 0.3) is 80.1 Å². The van der Waals surface area contributed by atoms with E-state index in [0.29, 0.717) is 0 Å². The molecular weight excluding hydrogens is 1070 g/mol. The molecule has 294 valence electrons. The van der Waals surface area contributed by atoms with Gasteiger partial charge in [0, 0.05) is 9.75 Å². The molecule has 0 aliphatic rings. The molecular formula is C48H46S8Sn2. The predicted molar refractivity (Wildman–Crippen MR) is 280 cm³/mol. The third-order valence-electron chi connectivity index (χ3n) is 10.3. The second kappa shape index (κ2) is 16.9. The molecule has 0 fully saturated rings. The van der Waals surface area contributed by atoms with E-state index in [1.54, 1.807) is 5.79 Å². The molecule has 0 amide bonds. The standard InChI is InChI=1S/C42H28S8.6CH3.2Sn/c1-3-5-9-25-13-15-35(45-25)39-27-23-37(33-19-17-31(47-33)29-11-7-21-43-29)50-42(27)40(36-16-14-26(46-36)10-6-4-2)28-24-38(49-41(28)39)34-20-18-32(48-34)30-12-8-22-44-30;;;;;;;;/h3-8,11-20,23-24H,9-10H2,1-2H3;6*1H3;;. The van der Waals surface area contributed by atoms with E-state index in [-0.39, 0.29) is 0 Å². The number of fused-ring (bicyclic) bond motifs is 2. The number of thiophene rings is 8. The van der Waals surface area contributed by atoms with Crippen LogP contribution < -0.4 is 5.79 Å². The van der Waals surface area contributed by atoms with Crippen LogP contribution in [0.1, 0.15) is 23.6 Å². The predicted octanol–water partition coefficient (Wildman–Crippen LogP) is 17.8. The number of allylic oxidation sites excluding steroid dienone is 4. The Hall–Kier alpha value is -1.58. The number of hydrogen-bond acceptors (Lipinski definition) is 8. The van der Waals surface area contributed by atoms with Gasteiger partial charge >= 0.3 is 316 Å². The summed E-state index contributed by atoms with van der Waals surface area (Å²) in [5.41, 5.74) is 2.81. The third-order valence-corrected chi connectivity index (χ3v) is 38.9. The molecule has 9 aromatic rings. The van der Waals surface area contributed by atoms with Gasteiger partial charge in [0.2, 0.25) is 0 Å². The second-order valence-electron chi connectivity index (χ2n) is 16.7. The van der Waals surface area contributed by atoms with E-state index in [1.165, 1.54) is 89.8 Å². The van der Waals surface area contributed by atoms with Gasteiger partial charge in [0.25, 0.3) is 0 Å². The molecule has 0 spiro atoms. The molecule has 0 radical (unpaired) electrons. The molecule has 0 nitrogen and oxygen atoms in total. The van der Waals surface area contributed by atoms with Gasteiger partial charge < -0.3 is 0 Å². The molecule has 0 aliphatic carbocycles. The Morgan fingerprint density at radius 1 is 0.379 bits per heavy atom. The zero-order valence-electron chi connectivity index (χ0n) is 34.1. The molecule has 8 aromatic heterocycles. The molecule has 0 saturated heterocycles. The Balaban J connectivity index is 1.24. The van der Waals surface area contributed by atoms with Gasteiger partial charge in [-0.3, -0.25) is 0 Å². The normalized spacial score (nSPS) is 12.8. The fourth-order valence-corrected chi connectivity index (χ4v) is 26.8. The van der Waals surface area contributed by atoms with Crippen molar-refractivity contribution in [1.82, 2.24) is 0 Å². The Morgan fingerprint density at radius 2 is 0.724 bits per heavy atom. The summed E-state index contributed by atoms with van der Waals surface area (Å²) in [6.07, 6.45) is 10.9. The minimum absolute atomic E-state index is 0.975. The molecule has 0 aliphatic heterocycles. The molecule has 0 N–H and O–H groups in total. The summed E-state index contributed by atoms with van der Waals surface area (Å²) in [5, 5.41) is 2.78. The van der Waals surface area contributed by atoms with Gasteiger partial charge in [-0.2, -0.15) is 0 Å². The first-order valence-electron chi connectivity index (χ1n) is 19.7. The number of benzene rings is 1. The Bertz CT molecular complexity index is 2700. The summed E-state index contributed by atoms with van der Waals surface area (Å²) in [5.74, 6) is 0. The zero-order valence-corrected chi connectivity index (χ0v) is 46.3. The van der Waals surface area contributed by atoms with Crippen LogP contribution in [-0.4, -0.2) is 36.8 Å². The van der Waals surface area contributed by atoms with E-state index >= 15 is 0 Å². The van der Waals surface area contributed by atoms with Crippen LogP contribution in [0.15, 0.2) is 109 Å². The van der Waals surface area contributed by atoms with Crippen molar-refractivity contribution in [1.29, 1.82) is 0 Å². The summed E-state index contributed by atoms with van der Waals surface area (Å²) >= 11 is 11.6. The molecule has 58 heavy (non-hydrogen) atoms. The topological polar surface area (TPSA) is 0 Å². The molecule has 1 aromatic carbocycles. The van der Waals surface area contributed by atoms with E-state index in [2.05, 4.69) is 153 Å². The molecule has 0 saturated carbocycles. The molecule has 0 atom stereocenters. The fourth-order valence-electron chi connectivity index (χ4n) is 7.17. The summed E-state index contributed by atoms with van der Waals surface area (Å²) < 4.78 is 6.11. The van der Waals surface area contributed by atoms with E-state index < -0.39 is 36.8 Å². The Kier molecular flexibility index (Phi) is 12.2. The van der Waals surface area contributed by atoms with Crippen molar-refractivity contribution < 1.29 is 0 Å². The van der Waals surface area contributed by atoms with Crippen molar-refractivity contribution in [2.24, 2.45) is 0 Å². The minimum atomic E-state index is -2.13. The first kappa shape index (κ1) is 41.8. The van der Waals surface area contributed by atoms with Crippen molar-refractivity contribution in [2.45, 2.75) is 56.3 Å². The van der Waals surface area contributed by atoms with Crippen molar-refractivity contribution in [3.63, 3.8) is 0 Å². The Labute approximate surface area is 383 Å². The maximum atomic E-state index is 2.54. The van der Waals surface area contributed by atoms with Crippen LogP contribution in [0.4, 0.5) is 0 Å². The number of hydrogen-bond donors (Lipinski definition) is 0. The fraction of sp³-hybridized carbons (Fsp3) is 0.208. The van der Waals surface area contributed by atoms with E-state index in [1.807, 2.05) is 90.7 Å².